The normalized spacial score (nSPS) is 30.4. The third-order valence-corrected chi connectivity index (χ3v) is 5.06. The smallest absolute Gasteiger partial charge is 0.274 e. The second-order valence-electron chi connectivity index (χ2n) is 6.27. The van der Waals surface area contributed by atoms with Crippen molar-refractivity contribution in [1.29, 1.82) is 0 Å². The molecule has 0 spiro atoms. The van der Waals surface area contributed by atoms with E-state index in [1.807, 2.05) is 38.1 Å². The molecule has 3 nitrogen and oxygen atoms in total. The molecule has 0 radical (unpaired) electrons. The molecule has 1 aromatic rings. The molecule has 112 valence electrons. The van der Waals surface area contributed by atoms with E-state index in [9.17, 15) is 5.11 Å². The summed E-state index contributed by atoms with van der Waals surface area (Å²) in [6.45, 7) is 8.16. The van der Waals surface area contributed by atoms with E-state index in [2.05, 4.69) is 13.8 Å². The number of ether oxygens (including phenoxy) is 2. The highest BCUT2D eigenvalue weighted by Crippen LogP contribution is 2.49. The van der Waals surface area contributed by atoms with Crippen LogP contribution in [0.5, 0.6) is 0 Å². The lowest BCUT2D eigenvalue weighted by atomic mass is 9.82. The molecule has 2 unspecified atom stereocenters. The number of hydrogen-bond acceptors (Lipinski definition) is 3. The van der Waals surface area contributed by atoms with Gasteiger partial charge in [0.2, 0.25) is 0 Å². The first-order valence-corrected chi connectivity index (χ1v) is 7.39. The van der Waals surface area contributed by atoms with E-state index in [1.165, 1.54) is 5.57 Å². The fourth-order valence-corrected chi connectivity index (χ4v) is 3.47. The average molecular weight is 286 g/mol. The Bertz CT molecular complexity index is 621. The van der Waals surface area contributed by atoms with Gasteiger partial charge in [-0.05, 0) is 37.3 Å². The van der Waals surface area contributed by atoms with Crippen LogP contribution in [-0.4, -0.2) is 5.11 Å². The number of rotatable bonds is 2. The number of aliphatic hydroxyl groups is 1. The minimum atomic E-state index is -0.946. The SMILES string of the molecule is CC1=C(C)C(O)(c2ccccc2C2(C)OC=CO2)CC1C. The van der Waals surface area contributed by atoms with Crippen molar-refractivity contribution in [3.63, 3.8) is 0 Å². The Morgan fingerprint density at radius 1 is 1.10 bits per heavy atom. The Balaban J connectivity index is 2.13. The molecule has 1 aliphatic carbocycles. The van der Waals surface area contributed by atoms with Crippen molar-refractivity contribution < 1.29 is 14.6 Å². The second-order valence-corrected chi connectivity index (χ2v) is 6.27. The summed E-state index contributed by atoms with van der Waals surface area (Å²) >= 11 is 0. The van der Waals surface area contributed by atoms with Gasteiger partial charge in [0.25, 0.3) is 5.79 Å². The van der Waals surface area contributed by atoms with Gasteiger partial charge in [-0.15, -0.1) is 0 Å². The average Bonchev–Trinajstić information content (AvgIpc) is 3.00. The van der Waals surface area contributed by atoms with Gasteiger partial charge < -0.3 is 14.6 Å². The van der Waals surface area contributed by atoms with Crippen molar-refractivity contribution in [2.45, 2.75) is 45.5 Å². The molecule has 0 fully saturated rings. The number of benzene rings is 1. The third-order valence-electron chi connectivity index (χ3n) is 5.06. The summed E-state index contributed by atoms with van der Waals surface area (Å²) in [5.74, 6) is -0.494. The lowest BCUT2D eigenvalue weighted by molar-refractivity contribution is -0.135. The molecular formula is C18H22O3. The maximum atomic E-state index is 11.3. The fraction of sp³-hybridized carbons (Fsp3) is 0.444. The van der Waals surface area contributed by atoms with Gasteiger partial charge in [-0.25, -0.2) is 0 Å². The van der Waals surface area contributed by atoms with Gasteiger partial charge in [-0.3, -0.25) is 0 Å². The van der Waals surface area contributed by atoms with Crippen molar-refractivity contribution in [2.75, 3.05) is 0 Å². The number of hydrogen-bond donors (Lipinski definition) is 1. The fourth-order valence-electron chi connectivity index (χ4n) is 3.47. The minimum Gasteiger partial charge on any atom is -0.453 e. The first kappa shape index (κ1) is 14.2. The van der Waals surface area contributed by atoms with Gasteiger partial charge in [0.1, 0.15) is 18.1 Å². The van der Waals surface area contributed by atoms with Crippen LogP contribution in [-0.2, 0) is 20.9 Å². The van der Waals surface area contributed by atoms with Crippen LogP contribution in [0.25, 0.3) is 0 Å². The molecule has 3 rings (SSSR count). The second kappa shape index (κ2) is 4.63. The topological polar surface area (TPSA) is 38.7 Å². The van der Waals surface area contributed by atoms with Crippen LogP contribution in [0.15, 0.2) is 47.9 Å². The lowest BCUT2D eigenvalue weighted by Crippen LogP contribution is -2.32. The predicted molar refractivity (Wildman–Crippen MR) is 81.2 cm³/mol. The molecule has 1 heterocycles. The van der Waals surface area contributed by atoms with Gasteiger partial charge in [0.15, 0.2) is 0 Å². The van der Waals surface area contributed by atoms with Gasteiger partial charge in [-0.1, -0.05) is 36.8 Å². The van der Waals surface area contributed by atoms with E-state index in [-0.39, 0.29) is 0 Å². The highest BCUT2D eigenvalue weighted by atomic mass is 16.7. The Kier molecular flexibility index (Phi) is 3.14. The molecule has 0 bridgehead atoms. The van der Waals surface area contributed by atoms with Crippen molar-refractivity contribution in [1.82, 2.24) is 0 Å². The first-order valence-electron chi connectivity index (χ1n) is 7.39. The summed E-state index contributed by atoms with van der Waals surface area (Å²) < 4.78 is 11.3. The zero-order chi connectivity index (χ0) is 15.3. The van der Waals surface area contributed by atoms with Gasteiger partial charge in [-0.2, -0.15) is 0 Å². The van der Waals surface area contributed by atoms with Crippen molar-refractivity contribution in [3.05, 3.63) is 59.1 Å². The zero-order valence-electron chi connectivity index (χ0n) is 13.0. The standard InChI is InChI=1S/C18H22O3/c1-12-11-18(19,14(3)13(12)2)16-8-6-5-7-15(16)17(4)20-9-10-21-17/h5-10,12,19H,11H2,1-4H3. The molecule has 1 aliphatic heterocycles. The van der Waals surface area contributed by atoms with Gasteiger partial charge in [0.05, 0.1) is 0 Å². The van der Waals surface area contributed by atoms with Crippen molar-refractivity contribution in [3.8, 4) is 0 Å². The minimum absolute atomic E-state index is 0.374. The highest BCUT2D eigenvalue weighted by Gasteiger charge is 2.45. The maximum Gasteiger partial charge on any atom is 0.274 e. The molecule has 0 saturated carbocycles. The third kappa shape index (κ3) is 1.99. The van der Waals surface area contributed by atoms with Crippen LogP contribution in [0.1, 0.15) is 45.2 Å². The highest BCUT2D eigenvalue weighted by molar-refractivity contribution is 5.45. The van der Waals surface area contributed by atoms with Crippen LogP contribution in [0.3, 0.4) is 0 Å². The maximum absolute atomic E-state index is 11.3. The summed E-state index contributed by atoms with van der Waals surface area (Å²) in [5.41, 5.74) is 3.11. The Labute approximate surface area is 125 Å². The van der Waals surface area contributed by atoms with Crippen molar-refractivity contribution in [2.24, 2.45) is 5.92 Å². The predicted octanol–water partition coefficient (Wildman–Crippen LogP) is 3.94. The van der Waals surface area contributed by atoms with E-state index in [1.54, 1.807) is 12.5 Å². The molecule has 1 aromatic carbocycles. The monoisotopic (exact) mass is 286 g/mol. The summed E-state index contributed by atoms with van der Waals surface area (Å²) in [7, 11) is 0. The molecular weight excluding hydrogens is 264 g/mol. The lowest BCUT2D eigenvalue weighted by Gasteiger charge is -2.33. The van der Waals surface area contributed by atoms with Crippen LogP contribution in [0.2, 0.25) is 0 Å². The van der Waals surface area contributed by atoms with Crippen LogP contribution >= 0.6 is 0 Å². The molecule has 21 heavy (non-hydrogen) atoms. The molecule has 2 aliphatic rings. The van der Waals surface area contributed by atoms with E-state index in [0.717, 1.165) is 16.7 Å². The van der Waals surface area contributed by atoms with Crippen LogP contribution < -0.4 is 0 Å². The largest absolute Gasteiger partial charge is 0.453 e. The Morgan fingerprint density at radius 3 is 2.19 bits per heavy atom. The first-order chi connectivity index (χ1) is 9.88. The van der Waals surface area contributed by atoms with E-state index < -0.39 is 11.4 Å². The zero-order valence-corrected chi connectivity index (χ0v) is 13.0. The molecule has 0 saturated heterocycles. The van der Waals surface area contributed by atoms with E-state index in [0.29, 0.717) is 12.3 Å². The summed E-state index contributed by atoms with van der Waals surface area (Å²) in [6, 6.07) is 7.84. The van der Waals surface area contributed by atoms with Gasteiger partial charge >= 0.3 is 0 Å². The molecule has 2 atom stereocenters. The summed E-state index contributed by atoms with van der Waals surface area (Å²) in [5, 5.41) is 11.3. The van der Waals surface area contributed by atoms with E-state index in [4.69, 9.17) is 9.47 Å². The van der Waals surface area contributed by atoms with Gasteiger partial charge in [0, 0.05) is 12.5 Å². The molecule has 0 amide bonds. The molecule has 3 heteroatoms. The van der Waals surface area contributed by atoms with Crippen molar-refractivity contribution >= 4 is 0 Å². The molecule has 1 N–H and O–H groups in total. The molecule has 0 aromatic heterocycles. The number of allylic oxidation sites excluding steroid dienone is 1. The summed E-state index contributed by atoms with van der Waals surface area (Å²) in [6.07, 6.45) is 3.79. The summed E-state index contributed by atoms with van der Waals surface area (Å²) in [4.78, 5) is 0. The van der Waals surface area contributed by atoms with E-state index >= 15 is 0 Å². The quantitative estimate of drug-likeness (QED) is 0.837. The Morgan fingerprint density at radius 2 is 1.67 bits per heavy atom. The Hall–Kier alpha value is -1.74. The van der Waals surface area contributed by atoms with Crippen LogP contribution in [0.4, 0.5) is 0 Å². The van der Waals surface area contributed by atoms with Crippen LogP contribution in [0, 0.1) is 5.92 Å².